The summed E-state index contributed by atoms with van der Waals surface area (Å²) in [6, 6.07) is 13.5. The molecule has 0 aliphatic carbocycles. The molecule has 0 bridgehead atoms. The van der Waals surface area contributed by atoms with Gasteiger partial charge in [0.25, 0.3) is 0 Å². The molecule has 5 heteroatoms. The van der Waals surface area contributed by atoms with Crippen LogP contribution in [0.3, 0.4) is 0 Å². The lowest BCUT2D eigenvalue weighted by molar-refractivity contribution is -0.119. The molecule has 0 fully saturated rings. The maximum Gasteiger partial charge on any atom is 0.217 e. The Hall–Kier alpha value is -2.95. The van der Waals surface area contributed by atoms with Gasteiger partial charge in [0.15, 0.2) is 17.6 Å². The number of amides is 1. The van der Waals surface area contributed by atoms with Crippen molar-refractivity contribution in [2.45, 2.75) is 13.0 Å². The van der Waals surface area contributed by atoms with Crippen LogP contribution in [-0.4, -0.2) is 30.6 Å². The van der Waals surface area contributed by atoms with Crippen molar-refractivity contribution < 1.29 is 19.1 Å². The Morgan fingerprint density at radius 2 is 1.39 bits per heavy atom. The van der Waals surface area contributed by atoms with Gasteiger partial charge in [0.1, 0.15) is 5.75 Å². The number of ether oxygens (including phenoxy) is 1. The number of carbonyl (C=O) groups excluding carboxylic acids is 3. The van der Waals surface area contributed by atoms with Crippen LogP contribution in [0.25, 0.3) is 0 Å². The summed E-state index contributed by atoms with van der Waals surface area (Å²) in [6.07, 6.45) is 0. The van der Waals surface area contributed by atoms with Gasteiger partial charge < -0.3 is 10.1 Å². The second-order valence-electron chi connectivity index (χ2n) is 4.96. The fourth-order valence-corrected chi connectivity index (χ4v) is 2.14. The minimum absolute atomic E-state index is 0.328. The fraction of sp³-hybridized carbons (Fsp3) is 0.167. The molecule has 0 saturated carbocycles. The van der Waals surface area contributed by atoms with Crippen molar-refractivity contribution in [1.29, 1.82) is 0 Å². The zero-order valence-electron chi connectivity index (χ0n) is 12.9. The standard InChI is InChI=1S/C18H17NO4/c1-12(20)19-16(17(21)13-6-4-3-5-7-13)18(22)14-8-10-15(23-2)11-9-14/h3-11,16H,1-2H3,(H,19,20). The molecule has 2 aromatic rings. The second-order valence-corrected chi connectivity index (χ2v) is 4.96. The molecule has 2 aromatic carbocycles. The van der Waals surface area contributed by atoms with Gasteiger partial charge in [0.2, 0.25) is 5.91 Å². The lowest BCUT2D eigenvalue weighted by Crippen LogP contribution is -2.45. The molecule has 1 amide bonds. The first-order chi connectivity index (χ1) is 11.0. The number of benzene rings is 2. The maximum atomic E-state index is 12.6. The summed E-state index contributed by atoms with van der Waals surface area (Å²) in [6.45, 7) is 1.27. The molecule has 0 radical (unpaired) electrons. The van der Waals surface area contributed by atoms with E-state index in [9.17, 15) is 14.4 Å². The minimum Gasteiger partial charge on any atom is -0.497 e. The summed E-state index contributed by atoms with van der Waals surface area (Å²) in [5.41, 5.74) is 0.696. The average Bonchev–Trinajstić information content (AvgIpc) is 2.59. The van der Waals surface area contributed by atoms with Crippen LogP contribution in [0.5, 0.6) is 5.75 Å². The van der Waals surface area contributed by atoms with Crippen molar-refractivity contribution in [2.24, 2.45) is 0 Å². The average molecular weight is 311 g/mol. The molecular formula is C18H17NO4. The van der Waals surface area contributed by atoms with E-state index >= 15 is 0 Å². The van der Waals surface area contributed by atoms with Gasteiger partial charge in [-0.1, -0.05) is 30.3 Å². The number of nitrogens with one attached hydrogen (secondary N) is 1. The van der Waals surface area contributed by atoms with E-state index in [1.807, 2.05) is 0 Å². The van der Waals surface area contributed by atoms with Gasteiger partial charge in [-0.2, -0.15) is 0 Å². The SMILES string of the molecule is COc1ccc(C(=O)C(NC(C)=O)C(=O)c2ccccc2)cc1. The summed E-state index contributed by atoms with van der Waals surface area (Å²) in [5.74, 6) is -0.744. The second kappa shape index (κ2) is 7.35. The van der Waals surface area contributed by atoms with Gasteiger partial charge in [-0.15, -0.1) is 0 Å². The molecule has 23 heavy (non-hydrogen) atoms. The summed E-state index contributed by atoms with van der Waals surface area (Å²) in [7, 11) is 1.52. The number of methoxy groups -OCH3 is 1. The highest BCUT2D eigenvalue weighted by atomic mass is 16.5. The fourth-order valence-electron chi connectivity index (χ4n) is 2.14. The first kappa shape index (κ1) is 16.4. The number of Topliss-reactive ketones (excluding diaryl/α,β-unsaturated/α-hetero) is 2. The van der Waals surface area contributed by atoms with Crippen molar-refractivity contribution in [1.82, 2.24) is 5.32 Å². The largest absolute Gasteiger partial charge is 0.497 e. The number of ketones is 2. The van der Waals surface area contributed by atoms with E-state index in [0.29, 0.717) is 16.9 Å². The highest BCUT2D eigenvalue weighted by Gasteiger charge is 2.29. The van der Waals surface area contributed by atoms with Crippen molar-refractivity contribution >= 4 is 17.5 Å². The third kappa shape index (κ3) is 4.03. The lowest BCUT2D eigenvalue weighted by atomic mass is 9.96. The van der Waals surface area contributed by atoms with E-state index in [0.717, 1.165) is 0 Å². The third-order valence-corrected chi connectivity index (χ3v) is 3.30. The first-order valence-electron chi connectivity index (χ1n) is 7.07. The van der Waals surface area contributed by atoms with Crippen LogP contribution in [-0.2, 0) is 4.79 Å². The Morgan fingerprint density at radius 3 is 1.87 bits per heavy atom. The van der Waals surface area contributed by atoms with E-state index in [4.69, 9.17) is 4.74 Å². The molecule has 5 nitrogen and oxygen atoms in total. The van der Waals surface area contributed by atoms with Crippen LogP contribution in [0.4, 0.5) is 0 Å². The van der Waals surface area contributed by atoms with Gasteiger partial charge in [0.05, 0.1) is 7.11 Å². The normalized spacial score (nSPS) is 11.4. The van der Waals surface area contributed by atoms with Crippen LogP contribution in [0, 0.1) is 0 Å². The lowest BCUT2D eigenvalue weighted by Gasteiger charge is -2.16. The highest BCUT2D eigenvalue weighted by molar-refractivity contribution is 6.20. The number of hydrogen-bond acceptors (Lipinski definition) is 4. The Kier molecular flexibility index (Phi) is 5.25. The molecule has 0 saturated heterocycles. The predicted octanol–water partition coefficient (Wildman–Crippen LogP) is 2.27. The molecule has 0 aliphatic heterocycles. The van der Waals surface area contributed by atoms with Gasteiger partial charge in [-0.25, -0.2) is 0 Å². The van der Waals surface area contributed by atoms with Crippen molar-refractivity contribution in [3.05, 3.63) is 65.7 Å². The van der Waals surface area contributed by atoms with Crippen molar-refractivity contribution in [3.8, 4) is 5.75 Å². The zero-order chi connectivity index (χ0) is 16.8. The van der Waals surface area contributed by atoms with E-state index in [1.54, 1.807) is 54.6 Å². The molecule has 118 valence electrons. The van der Waals surface area contributed by atoms with Crippen molar-refractivity contribution in [2.75, 3.05) is 7.11 Å². The van der Waals surface area contributed by atoms with Crippen LogP contribution in [0.2, 0.25) is 0 Å². The molecule has 0 heterocycles. The van der Waals surface area contributed by atoms with Crippen LogP contribution in [0.1, 0.15) is 27.6 Å². The molecule has 0 spiro atoms. The summed E-state index contributed by atoms with van der Waals surface area (Å²) < 4.78 is 5.04. The molecule has 0 aliphatic rings. The maximum absolute atomic E-state index is 12.6. The summed E-state index contributed by atoms with van der Waals surface area (Å²) in [4.78, 5) is 36.6. The Morgan fingerprint density at radius 1 is 0.870 bits per heavy atom. The van der Waals surface area contributed by atoms with E-state index in [1.165, 1.54) is 14.0 Å². The van der Waals surface area contributed by atoms with Crippen LogP contribution < -0.4 is 10.1 Å². The number of carbonyl (C=O) groups is 3. The predicted molar refractivity (Wildman–Crippen MR) is 85.7 cm³/mol. The van der Waals surface area contributed by atoms with E-state index < -0.39 is 23.5 Å². The highest BCUT2D eigenvalue weighted by Crippen LogP contribution is 2.15. The number of hydrogen-bond donors (Lipinski definition) is 1. The van der Waals surface area contributed by atoms with Crippen LogP contribution >= 0.6 is 0 Å². The number of rotatable bonds is 6. The smallest absolute Gasteiger partial charge is 0.217 e. The molecule has 1 unspecified atom stereocenters. The molecule has 2 rings (SSSR count). The molecule has 1 atom stereocenters. The summed E-state index contributed by atoms with van der Waals surface area (Å²) in [5, 5.41) is 2.44. The monoisotopic (exact) mass is 311 g/mol. The minimum atomic E-state index is -1.25. The van der Waals surface area contributed by atoms with Gasteiger partial charge in [-0.3, -0.25) is 14.4 Å². The molecule has 0 aromatic heterocycles. The topological polar surface area (TPSA) is 72.5 Å². The van der Waals surface area contributed by atoms with Gasteiger partial charge in [0, 0.05) is 18.1 Å². The zero-order valence-corrected chi connectivity index (χ0v) is 12.9. The first-order valence-corrected chi connectivity index (χ1v) is 7.07. The Labute approximate surface area is 134 Å². The van der Waals surface area contributed by atoms with E-state index in [-0.39, 0.29) is 0 Å². The molecule has 1 N–H and O–H groups in total. The van der Waals surface area contributed by atoms with Crippen LogP contribution in [0.15, 0.2) is 54.6 Å². The van der Waals surface area contributed by atoms with E-state index in [2.05, 4.69) is 5.32 Å². The summed E-state index contributed by atoms with van der Waals surface area (Å²) >= 11 is 0. The van der Waals surface area contributed by atoms with Gasteiger partial charge >= 0.3 is 0 Å². The Balaban J connectivity index is 2.31. The molecular weight excluding hydrogens is 294 g/mol. The van der Waals surface area contributed by atoms with Crippen molar-refractivity contribution in [3.63, 3.8) is 0 Å². The Bertz CT molecular complexity index is 708. The van der Waals surface area contributed by atoms with Gasteiger partial charge in [-0.05, 0) is 24.3 Å². The third-order valence-electron chi connectivity index (χ3n) is 3.30. The quantitative estimate of drug-likeness (QED) is 0.656.